The molecule has 0 saturated carbocycles. The summed E-state index contributed by atoms with van der Waals surface area (Å²) in [5.74, 6) is 1.23. The van der Waals surface area contributed by atoms with Crippen molar-refractivity contribution in [2.75, 3.05) is 6.61 Å². The second-order valence-electron chi connectivity index (χ2n) is 4.84. The summed E-state index contributed by atoms with van der Waals surface area (Å²) < 4.78 is 5.71. The number of ether oxygens (including phenoxy) is 1. The van der Waals surface area contributed by atoms with Gasteiger partial charge < -0.3 is 10.5 Å². The smallest absolute Gasteiger partial charge is 0.122 e. The molecule has 2 heteroatoms. The SMILES string of the molecule is Cc1ccccc1C(N)C1COc2ccccc21. The lowest BCUT2D eigenvalue weighted by Gasteiger charge is -2.20. The van der Waals surface area contributed by atoms with Gasteiger partial charge in [-0.15, -0.1) is 0 Å². The van der Waals surface area contributed by atoms with Gasteiger partial charge in [-0.2, -0.15) is 0 Å². The van der Waals surface area contributed by atoms with Gasteiger partial charge in [0.25, 0.3) is 0 Å². The topological polar surface area (TPSA) is 35.2 Å². The summed E-state index contributed by atoms with van der Waals surface area (Å²) in [6.07, 6.45) is 0. The van der Waals surface area contributed by atoms with Crippen LogP contribution < -0.4 is 10.5 Å². The van der Waals surface area contributed by atoms with Crippen LogP contribution in [0.5, 0.6) is 5.75 Å². The Balaban J connectivity index is 1.96. The minimum Gasteiger partial charge on any atom is -0.493 e. The van der Waals surface area contributed by atoms with Gasteiger partial charge in [-0.25, -0.2) is 0 Å². The first-order valence-electron chi connectivity index (χ1n) is 6.30. The van der Waals surface area contributed by atoms with Crippen LogP contribution in [0.25, 0.3) is 0 Å². The zero-order valence-electron chi connectivity index (χ0n) is 10.5. The zero-order chi connectivity index (χ0) is 12.5. The number of para-hydroxylation sites is 1. The molecule has 0 saturated heterocycles. The Morgan fingerprint density at radius 3 is 2.67 bits per heavy atom. The van der Waals surface area contributed by atoms with Gasteiger partial charge in [0, 0.05) is 17.5 Å². The molecule has 2 N–H and O–H groups in total. The molecule has 92 valence electrons. The molecule has 0 aliphatic carbocycles. The van der Waals surface area contributed by atoms with E-state index in [-0.39, 0.29) is 12.0 Å². The zero-order valence-corrected chi connectivity index (χ0v) is 10.5. The van der Waals surface area contributed by atoms with Gasteiger partial charge in [0.15, 0.2) is 0 Å². The average Bonchev–Trinajstić information content (AvgIpc) is 2.82. The molecule has 0 spiro atoms. The summed E-state index contributed by atoms with van der Waals surface area (Å²) in [5, 5.41) is 0. The average molecular weight is 239 g/mol. The number of rotatable bonds is 2. The Kier molecular flexibility index (Phi) is 2.80. The van der Waals surface area contributed by atoms with Crippen molar-refractivity contribution in [2.45, 2.75) is 18.9 Å². The molecule has 0 radical (unpaired) electrons. The molecule has 1 aliphatic heterocycles. The highest BCUT2D eigenvalue weighted by Crippen LogP contribution is 2.40. The highest BCUT2D eigenvalue weighted by atomic mass is 16.5. The van der Waals surface area contributed by atoms with E-state index in [9.17, 15) is 0 Å². The minimum absolute atomic E-state index is 0.00477. The molecule has 3 rings (SSSR count). The van der Waals surface area contributed by atoms with E-state index in [0.29, 0.717) is 6.61 Å². The van der Waals surface area contributed by atoms with E-state index in [4.69, 9.17) is 10.5 Å². The van der Waals surface area contributed by atoms with Crippen LogP contribution in [0.2, 0.25) is 0 Å². The third-order valence-corrected chi connectivity index (χ3v) is 3.72. The third kappa shape index (κ3) is 1.79. The van der Waals surface area contributed by atoms with E-state index in [1.807, 2.05) is 30.3 Å². The molecule has 2 atom stereocenters. The third-order valence-electron chi connectivity index (χ3n) is 3.72. The fourth-order valence-electron chi connectivity index (χ4n) is 2.66. The Morgan fingerprint density at radius 2 is 1.83 bits per heavy atom. The van der Waals surface area contributed by atoms with Crippen LogP contribution in [0.1, 0.15) is 28.7 Å². The molecule has 0 aromatic heterocycles. The molecule has 2 unspecified atom stereocenters. The summed E-state index contributed by atoms with van der Waals surface area (Å²) >= 11 is 0. The quantitative estimate of drug-likeness (QED) is 0.873. The Morgan fingerprint density at radius 1 is 1.11 bits per heavy atom. The first-order chi connectivity index (χ1) is 8.77. The fourth-order valence-corrected chi connectivity index (χ4v) is 2.66. The van der Waals surface area contributed by atoms with Crippen molar-refractivity contribution in [2.24, 2.45) is 5.73 Å². The highest BCUT2D eigenvalue weighted by molar-refractivity contribution is 5.43. The van der Waals surface area contributed by atoms with E-state index < -0.39 is 0 Å². The van der Waals surface area contributed by atoms with Crippen LogP contribution in [-0.4, -0.2) is 6.61 Å². The van der Waals surface area contributed by atoms with Crippen molar-refractivity contribution in [3.05, 3.63) is 65.2 Å². The van der Waals surface area contributed by atoms with Crippen LogP contribution >= 0.6 is 0 Å². The summed E-state index contributed by atoms with van der Waals surface area (Å²) in [6, 6.07) is 16.5. The van der Waals surface area contributed by atoms with E-state index in [1.54, 1.807) is 0 Å². The maximum Gasteiger partial charge on any atom is 0.122 e. The van der Waals surface area contributed by atoms with Gasteiger partial charge in [-0.1, -0.05) is 42.5 Å². The van der Waals surface area contributed by atoms with E-state index in [0.717, 1.165) is 5.75 Å². The van der Waals surface area contributed by atoms with Gasteiger partial charge in [0.2, 0.25) is 0 Å². The standard InChI is InChI=1S/C16H17NO/c1-11-6-2-3-7-12(11)16(17)14-10-18-15-9-5-4-8-13(14)15/h2-9,14,16H,10,17H2,1H3. The van der Waals surface area contributed by atoms with Crippen LogP contribution in [0.15, 0.2) is 48.5 Å². The van der Waals surface area contributed by atoms with Crippen molar-refractivity contribution < 1.29 is 4.74 Å². The molecule has 0 fully saturated rings. The molecule has 0 bridgehead atoms. The second kappa shape index (κ2) is 4.46. The van der Waals surface area contributed by atoms with Gasteiger partial charge in [0.1, 0.15) is 5.75 Å². The normalized spacial score (nSPS) is 19.1. The van der Waals surface area contributed by atoms with Crippen molar-refractivity contribution in [1.82, 2.24) is 0 Å². The van der Waals surface area contributed by atoms with Gasteiger partial charge in [-0.05, 0) is 24.1 Å². The first-order valence-corrected chi connectivity index (χ1v) is 6.30. The maximum absolute atomic E-state index is 6.44. The van der Waals surface area contributed by atoms with E-state index in [1.165, 1.54) is 16.7 Å². The summed E-state index contributed by atoms with van der Waals surface area (Å²) in [7, 11) is 0. The Hall–Kier alpha value is -1.80. The molecule has 2 aromatic carbocycles. The van der Waals surface area contributed by atoms with Crippen LogP contribution in [0.4, 0.5) is 0 Å². The Bertz CT molecular complexity index is 565. The lowest BCUT2D eigenvalue weighted by atomic mass is 9.87. The first kappa shape index (κ1) is 11.3. The largest absolute Gasteiger partial charge is 0.493 e. The fraction of sp³-hybridized carbons (Fsp3) is 0.250. The number of benzene rings is 2. The van der Waals surface area contributed by atoms with Crippen molar-refractivity contribution in [3.8, 4) is 5.75 Å². The molecule has 1 aliphatic rings. The lowest BCUT2D eigenvalue weighted by molar-refractivity contribution is 0.315. The van der Waals surface area contributed by atoms with Crippen LogP contribution in [0, 0.1) is 6.92 Å². The predicted octanol–water partition coefficient (Wildman–Crippen LogP) is 3.17. The molecule has 2 aromatic rings. The lowest BCUT2D eigenvalue weighted by Crippen LogP contribution is -2.21. The van der Waals surface area contributed by atoms with Gasteiger partial charge >= 0.3 is 0 Å². The Labute approximate surface area is 107 Å². The van der Waals surface area contributed by atoms with Crippen molar-refractivity contribution >= 4 is 0 Å². The van der Waals surface area contributed by atoms with E-state index >= 15 is 0 Å². The molecular formula is C16H17NO. The van der Waals surface area contributed by atoms with Crippen molar-refractivity contribution in [1.29, 1.82) is 0 Å². The number of nitrogens with two attached hydrogens (primary N) is 1. The number of aryl methyl sites for hydroxylation is 1. The van der Waals surface area contributed by atoms with E-state index in [2.05, 4.69) is 25.1 Å². The molecule has 0 amide bonds. The number of fused-ring (bicyclic) bond motifs is 1. The molecule has 18 heavy (non-hydrogen) atoms. The van der Waals surface area contributed by atoms with Gasteiger partial charge in [-0.3, -0.25) is 0 Å². The highest BCUT2D eigenvalue weighted by Gasteiger charge is 2.30. The summed E-state index contributed by atoms with van der Waals surface area (Å²) in [5.41, 5.74) is 10.1. The maximum atomic E-state index is 6.44. The van der Waals surface area contributed by atoms with Crippen molar-refractivity contribution in [3.63, 3.8) is 0 Å². The predicted molar refractivity (Wildman–Crippen MR) is 72.8 cm³/mol. The molecule has 1 heterocycles. The number of hydrogen-bond acceptors (Lipinski definition) is 2. The second-order valence-corrected chi connectivity index (χ2v) is 4.84. The van der Waals surface area contributed by atoms with Crippen LogP contribution in [-0.2, 0) is 0 Å². The summed E-state index contributed by atoms with van der Waals surface area (Å²) in [6.45, 7) is 2.78. The molecule has 2 nitrogen and oxygen atoms in total. The number of hydrogen-bond donors (Lipinski definition) is 1. The van der Waals surface area contributed by atoms with Crippen LogP contribution in [0.3, 0.4) is 0 Å². The monoisotopic (exact) mass is 239 g/mol. The summed E-state index contributed by atoms with van der Waals surface area (Å²) in [4.78, 5) is 0. The van der Waals surface area contributed by atoms with Gasteiger partial charge in [0.05, 0.1) is 6.61 Å². The minimum atomic E-state index is -0.00477. The molecular weight excluding hydrogens is 222 g/mol.